The van der Waals surface area contributed by atoms with Gasteiger partial charge in [0.1, 0.15) is 0 Å². The third kappa shape index (κ3) is 3.19. The van der Waals surface area contributed by atoms with Crippen LogP contribution in [0.4, 0.5) is 0 Å². The Bertz CT molecular complexity index is 224. The smallest absolute Gasteiger partial charge is 0.239 e. The number of nitrogens with zero attached hydrogens (tertiary/aromatic N) is 2. The van der Waals surface area contributed by atoms with Gasteiger partial charge in [-0.2, -0.15) is 0 Å². The molecule has 1 aliphatic heterocycles. The zero-order chi connectivity index (χ0) is 12.1. The summed E-state index contributed by atoms with van der Waals surface area (Å²) in [5, 5.41) is 3.27. The maximum absolute atomic E-state index is 12.3. The zero-order valence-electron chi connectivity index (χ0n) is 11.0. The molecule has 1 rings (SSSR count). The monoisotopic (exact) mass is 227 g/mol. The first kappa shape index (κ1) is 13.5. The number of carbonyl (C=O) groups excluding carboxylic acids is 1. The molecule has 0 aromatic carbocycles. The van der Waals surface area contributed by atoms with Gasteiger partial charge in [0, 0.05) is 32.2 Å². The number of carbonyl (C=O) groups is 1. The molecule has 0 bridgehead atoms. The van der Waals surface area contributed by atoms with Gasteiger partial charge in [0.05, 0.1) is 6.04 Å². The first-order valence-corrected chi connectivity index (χ1v) is 6.33. The van der Waals surface area contributed by atoms with Crippen LogP contribution in [0.2, 0.25) is 0 Å². The highest BCUT2D eigenvalue weighted by molar-refractivity contribution is 5.81. The first-order valence-electron chi connectivity index (χ1n) is 6.33. The van der Waals surface area contributed by atoms with Gasteiger partial charge in [0.15, 0.2) is 0 Å². The molecule has 0 aromatic rings. The van der Waals surface area contributed by atoms with Crippen LogP contribution in [0.1, 0.15) is 27.7 Å². The van der Waals surface area contributed by atoms with Crippen molar-refractivity contribution in [2.75, 3.05) is 32.7 Å². The van der Waals surface area contributed by atoms with E-state index >= 15 is 0 Å². The lowest BCUT2D eigenvalue weighted by Gasteiger charge is -2.36. The van der Waals surface area contributed by atoms with Crippen molar-refractivity contribution in [2.45, 2.75) is 39.8 Å². The van der Waals surface area contributed by atoms with Crippen LogP contribution in [0.15, 0.2) is 0 Å². The highest BCUT2D eigenvalue weighted by Gasteiger charge is 2.27. The van der Waals surface area contributed by atoms with Crippen molar-refractivity contribution >= 4 is 5.91 Å². The molecule has 0 spiro atoms. The maximum atomic E-state index is 12.3. The number of hydrogen-bond acceptors (Lipinski definition) is 3. The van der Waals surface area contributed by atoms with E-state index in [2.05, 4.69) is 31.0 Å². The van der Waals surface area contributed by atoms with Crippen LogP contribution >= 0.6 is 0 Å². The van der Waals surface area contributed by atoms with E-state index in [-0.39, 0.29) is 11.9 Å². The SMILES string of the molecule is CCN(C(C)C)C(C)C(=O)N1CCNCC1. The summed E-state index contributed by atoms with van der Waals surface area (Å²) in [6.07, 6.45) is 0. The van der Waals surface area contributed by atoms with Crippen molar-refractivity contribution in [2.24, 2.45) is 0 Å². The van der Waals surface area contributed by atoms with E-state index in [4.69, 9.17) is 0 Å². The molecule has 1 saturated heterocycles. The molecule has 1 aliphatic rings. The number of hydrogen-bond donors (Lipinski definition) is 1. The molecule has 1 heterocycles. The predicted molar refractivity (Wildman–Crippen MR) is 66.4 cm³/mol. The van der Waals surface area contributed by atoms with Crippen LogP contribution in [-0.4, -0.2) is 60.5 Å². The minimum atomic E-state index is 0.00287. The summed E-state index contributed by atoms with van der Waals surface area (Å²) in [6.45, 7) is 12.9. The molecule has 1 atom stereocenters. The Labute approximate surface area is 99.0 Å². The molecule has 0 saturated carbocycles. The van der Waals surface area contributed by atoms with Crippen LogP contribution in [0.5, 0.6) is 0 Å². The molecular formula is C12H25N3O. The minimum absolute atomic E-state index is 0.00287. The Balaban J connectivity index is 2.57. The van der Waals surface area contributed by atoms with Crippen LogP contribution in [0.3, 0.4) is 0 Å². The van der Waals surface area contributed by atoms with Crippen LogP contribution < -0.4 is 5.32 Å². The quantitative estimate of drug-likeness (QED) is 0.761. The molecule has 0 radical (unpaired) electrons. The average molecular weight is 227 g/mol. The molecule has 1 amide bonds. The van der Waals surface area contributed by atoms with Crippen molar-refractivity contribution in [3.05, 3.63) is 0 Å². The first-order chi connectivity index (χ1) is 7.57. The summed E-state index contributed by atoms with van der Waals surface area (Å²) in [4.78, 5) is 16.5. The number of likely N-dealkylation sites (N-methyl/N-ethyl adjacent to an activating group) is 1. The Kier molecular flexibility index (Phi) is 5.22. The molecular weight excluding hydrogens is 202 g/mol. The van der Waals surface area contributed by atoms with Gasteiger partial charge in [-0.3, -0.25) is 9.69 Å². The molecule has 1 N–H and O–H groups in total. The largest absolute Gasteiger partial charge is 0.339 e. The third-order valence-corrected chi connectivity index (χ3v) is 3.31. The van der Waals surface area contributed by atoms with Gasteiger partial charge in [-0.05, 0) is 27.3 Å². The molecule has 0 aromatic heterocycles. The maximum Gasteiger partial charge on any atom is 0.239 e. The number of piperazine rings is 1. The van der Waals surface area contributed by atoms with E-state index < -0.39 is 0 Å². The van der Waals surface area contributed by atoms with Gasteiger partial charge >= 0.3 is 0 Å². The second-order valence-electron chi connectivity index (χ2n) is 4.68. The highest BCUT2D eigenvalue weighted by Crippen LogP contribution is 2.08. The van der Waals surface area contributed by atoms with Crippen molar-refractivity contribution in [3.8, 4) is 0 Å². The van der Waals surface area contributed by atoms with Gasteiger partial charge in [0.2, 0.25) is 5.91 Å². The van der Waals surface area contributed by atoms with E-state index in [1.165, 1.54) is 0 Å². The summed E-state index contributed by atoms with van der Waals surface area (Å²) in [5.74, 6) is 0.275. The summed E-state index contributed by atoms with van der Waals surface area (Å²) in [5.41, 5.74) is 0. The van der Waals surface area contributed by atoms with E-state index in [9.17, 15) is 4.79 Å². The normalized spacial score (nSPS) is 19.2. The molecule has 16 heavy (non-hydrogen) atoms. The van der Waals surface area contributed by atoms with E-state index in [1.807, 2.05) is 11.8 Å². The van der Waals surface area contributed by atoms with E-state index in [0.29, 0.717) is 6.04 Å². The minimum Gasteiger partial charge on any atom is -0.339 e. The Morgan fingerprint density at radius 3 is 2.31 bits per heavy atom. The van der Waals surface area contributed by atoms with Gasteiger partial charge < -0.3 is 10.2 Å². The van der Waals surface area contributed by atoms with Crippen molar-refractivity contribution in [1.29, 1.82) is 0 Å². The molecule has 1 fully saturated rings. The molecule has 0 aliphatic carbocycles. The fourth-order valence-electron chi connectivity index (χ4n) is 2.38. The third-order valence-electron chi connectivity index (χ3n) is 3.31. The van der Waals surface area contributed by atoms with Gasteiger partial charge in [-0.15, -0.1) is 0 Å². The molecule has 1 unspecified atom stereocenters. The van der Waals surface area contributed by atoms with Gasteiger partial charge in [-0.25, -0.2) is 0 Å². The summed E-state index contributed by atoms with van der Waals surface area (Å²) in [6, 6.07) is 0.426. The van der Waals surface area contributed by atoms with Crippen LogP contribution in [-0.2, 0) is 4.79 Å². The molecule has 4 heteroatoms. The van der Waals surface area contributed by atoms with Crippen molar-refractivity contribution in [1.82, 2.24) is 15.1 Å². The number of amides is 1. The predicted octanol–water partition coefficient (Wildman–Crippen LogP) is 0.537. The van der Waals surface area contributed by atoms with Gasteiger partial charge in [0.25, 0.3) is 0 Å². The van der Waals surface area contributed by atoms with E-state index in [0.717, 1.165) is 32.7 Å². The summed E-state index contributed by atoms with van der Waals surface area (Å²) < 4.78 is 0. The lowest BCUT2D eigenvalue weighted by Crippen LogP contribution is -2.54. The Hall–Kier alpha value is -0.610. The van der Waals surface area contributed by atoms with Crippen LogP contribution in [0, 0.1) is 0 Å². The fourth-order valence-corrected chi connectivity index (χ4v) is 2.38. The molecule has 4 nitrogen and oxygen atoms in total. The summed E-state index contributed by atoms with van der Waals surface area (Å²) in [7, 11) is 0. The summed E-state index contributed by atoms with van der Waals surface area (Å²) >= 11 is 0. The second-order valence-corrected chi connectivity index (χ2v) is 4.68. The number of nitrogens with one attached hydrogen (secondary N) is 1. The Morgan fingerprint density at radius 2 is 1.88 bits per heavy atom. The number of rotatable bonds is 4. The lowest BCUT2D eigenvalue weighted by atomic mass is 10.2. The van der Waals surface area contributed by atoms with Crippen molar-refractivity contribution in [3.63, 3.8) is 0 Å². The molecule has 94 valence electrons. The lowest BCUT2D eigenvalue weighted by molar-refractivity contribution is -0.137. The van der Waals surface area contributed by atoms with Gasteiger partial charge in [-0.1, -0.05) is 6.92 Å². The fraction of sp³-hybridized carbons (Fsp3) is 0.917. The van der Waals surface area contributed by atoms with E-state index in [1.54, 1.807) is 0 Å². The Morgan fingerprint density at radius 1 is 1.31 bits per heavy atom. The van der Waals surface area contributed by atoms with Crippen molar-refractivity contribution < 1.29 is 4.79 Å². The highest BCUT2D eigenvalue weighted by atomic mass is 16.2. The second kappa shape index (κ2) is 6.21. The topological polar surface area (TPSA) is 35.6 Å². The average Bonchev–Trinajstić information content (AvgIpc) is 2.29. The standard InChI is InChI=1S/C12H25N3O/c1-5-15(10(2)3)11(4)12(16)14-8-6-13-7-9-14/h10-11,13H,5-9H2,1-4H3. The zero-order valence-corrected chi connectivity index (χ0v) is 11.0. The van der Waals surface area contributed by atoms with Crippen LogP contribution in [0.25, 0.3) is 0 Å².